The monoisotopic (exact) mass is 151 g/mol. The van der Waals surface area contributed by atoms with Gasteiger partial charge < -0.3 is 0 Å². The minimum Gasteiger partial charge on any atom is -0.264 e. The standard InChI is InChI=1S/C8H11N.C2H6/c1-5-6-8(9-4)7(2)3;1-2/h5-6H,1-2,4H2,3H3;1-2H3/b8-6-;. The Morgan fingerprint density at radius 3 is 1.91 bits per heavy atom. The number of rotatable bonds is 3. The first-order chi connectivity index (χ1) is 5.22. The Hall–Kier alpha value is -1.11. The van der Waals surface area contributed by atoms with Crippen molar-refractivity contribution in [2.45, 2.75) is 20.8 Å². The topological polar surface area (TPSA) is 12.4 Å². The summed E-state index contributed by atoms with van der Waals surface area (Å²) in [6, 6.07) is 0. The normalized spacial score (nSPS) is 9.18. The fraction of sp³-hybridized carbons (Fsp3) is 0.300. The lowest BCUT2D eigenvalue weighted by Crippen LogP contribution is -1.75. The fourth-order valence-corrected chi connectivity index (χ4v) is 0.442. The van der Waals surface area contributed by atoms with Crippen LogP contribution in [0.4, 0.5) is 0 Å². The first kappa shape index (κ1) is 12.6. The summed E-state index contributed by atoms with van der Waals surface area (Å²) >= 11 is 0. The van der Waals surface area contributed by atoms with Crippen LogP contribution in [0.15, 0.2) is 41.6 Å². The zero-order chi connectivity index (χ0) is 9.28. The molecule has 0 amide bonds. The van der Waals surface area contributed by atoms with Gasteiger partial charge in [-0.1, -0.05) is 33.1 Å². The van der Waals surface area contributed by atoms with E-state index in [-0.39, 0.29) is 0 Å². The molecule has 0 aromatic carbocycles. The lowest BCUT2D eigenvalue weighted by molar-refractivity contribution is 1.31. The molecule has 0 atom stereocenters. The summed E-state index contributed by atoms with van der Waals surface area (Å²) in [7, 11) is 0. The third kappa shape index (κ3) is 6.78. The van der Waals surface area contributed by atoms with Crippen molar-refractivity contribution in [3.05, 3.63) is 36.6 Å². The Morgan fingerprint density at radius 2 is 1.82 bits per heavy atom. The van der Waals surface area contributed by atoms with Crippen LogP contribution in [0.25, 0.3) is 0 Å². The maximum Gasteiger partial charge on any atom is 0.0645 e. The van der Waals surface area contributed by atoms with Gasteiger partial charge in [-0.15, -0.1) is 0 Å². The molecule has 0 unspecified atom stereocenters. The quantitative estimate of drug-likeness (QED) is 0.433. The molecule has 0 spiro atoms. The molecule has 62 valence electrons. The van der Waals surface area contributed by atoms with Crippen LogP contribution in [-0.4, -0.2) is 6.72 Å². The van der Waals surface area contributed by atoms with Crippen LogP contribution in [0.5, 0.6) is 0 Å². The molecule has 0 aromatic heterocycles. The van der Waals surface area contributed by atoms with Crippen LogP contribution < -0.4 is 0 Å². The van der Waals surface area contributed by atoms with Gasteiger partial charge in [0.25, 0.3) is 0 Å². The number of nitrogens with zero attached hydrogens (tertiary/aromatic N) is 1. The first-order valence-corrected chi connectivity index (χ1v) is 3.67. The van der Waals surface area contributed by atoms with Gasteiger partial charge >= 0.3 is 0 Å². The Kier molecular flexibility index (Phi) is 10.1. The minimum absolute atomic E-state index is 0.796. The predicted molar refractivity (Wildman–Crippen MR) is 54.0 cm³/mol. The molecular formula is C10H17N. The Balaban J connectivity index is 0. The minimum atomic E-state index is 0.796. The molecule has 0 heterocycles. The van der Waals surface area contributed by atoms with Crippen molar-refractivity contribution < 1.29 is 0 Å². The molecule has 0 radical (unpaired) electrons. The van der Waals surface area contributed by atoms with Crippen LogP contribution in [-0.2, 0) is 0 Å². The smallest absolute Gasteiger partial charge is 0.0645 e. The molecule has 0 aromatic rings. The van der Waals surface area contributed by atoms with Crippen LogP contribution in [0, 0.1) is 0 Å². The Morgan fingerprint density at radius 1 is 1.36 bits per heavy atom. The number of aliphatic imine (C=N–C) groups is 1. The molecular weight excluding hydrogens is 134 g/mol. The number of hydrogen-bond acceptors (Lipinski definition) is 1. The van der Waals surface area contributed by atoms with E-state index in [0.29, 0.717) is 0 Å². The molecule has 0 N–H and O–H groups in total. The second kappa shape index (κ2) is 8.89. The van der Waals surface area contributed by atoms with Crippen molar-refractivity contribution in [3.8, 4) is 0 Å². The van der Waals surface area contributed by atoms with Crippen LogP contribution >= 0.6 is 0 Å². The molecule has 0 aliphatic rings. The third-order valence-electron chi connectivity index (χ3n) is 0.883. The third-order valence-corrected chi connectivity index (χ3v) is 0.883. The summed E-state index contributed by atoms with van der Waals surface area (Å²) in [6.07, 6.45) is 3.44. The maximum atomic E-state index is 3.72. The lowest BCUT2D eigenvalue weighted by Gasteiger charge is -1.94. The predicted octanol–water partition coefficient (Wildman–Crippen LogP) is 3.36. The molecule has 0 bridgehead atoms. The average molecular weight is 151 g/mol. The highest BCUT2D eigenvalue weighted by Gasteiger charge is 1.87. The van der Waals surface area contributed by atoms with Gasteiger partial charge in [0.1, 0.15) is 0 Å². The molecule has 0 rings (SSSR count). The van der Waals surface area contributed by atoms with Crippen molar-refractivity contribution >= 4 is 6.72 Å². The van der Waals surface area contributed by atoms with Crippen molar-refractivity contribution in [2.24, 2.45) is 4.99 Å². The largest absolute Gasteiger partial charge is 0.264 e. The highest BCUT2D eigenvalue weighted by Crippen LogP contribution is 2.06. The SMILES string of the molecule is C=C/C=C(\N=C)C(=C)C.CC. The van der Waals surface area contributed by atoms with Gasteiger partial charge in [-0.25, -0.2) is 0 Å². The van der Waals surface area contributed by atoms with Gasteiger partial charge in [0, 0.05) is 0 Å². The number of hydrogen-bond donors (Lipinski definition) is 0. The van der Waals surface area contributed by atoms with Crippen molar-refractivity contribution in [1.82, 2.24) is 0 Å². The van der Waals surface area contributed by atoms with Gasteiger partial charge in [0.05, 0.1) is 5.70 Å². The molecule has 0 fully saturated rings. The Bertz CT molecular complexity index is 164. The van der Waals surface area contributed by atoms with Crippen LogP contribution in [0.3, 0.4) is 0 Å². The van der Waals surface area contributed by atoms with Gasteiger partial charge in [-0.05, 0) is 25.3 Å². The molecule has 0 saturated heterocycles. The van der Waals surface area contributed by atoms with E-state index in [2.05, 4.69) is 24.9 Å². The van der Waals surface area contributed by atoms with Crippen LogP contribution in [0.1, 0.15) is 20.8 Å². The first-order valence-electron chi connectivity index (χ1n) is 3.67. The van der Waals surface area contributed by atoms with E-state index in [9.17, 15) is 0 Å². The van der Waals surface area contributed by atoms with E-state index in [1.54, 1.807) is 12.2 Å². The maximum absolute atomic E-state index is 3.72. The highest BCUT2D eigenvalue weighted by atomic mass is 14.7. The van der Waals surface area contributed by atoms with Gasteiger partial charge in [-0.2, -0.15) is 0 Å². The van der Waals surface area contributed by atoms with Gasteiger partial charge in [0.15, 0.2) is 0 Å². The van der Waals surface area contributed by atoms with E-state index in [0.717, 1.165) is 11.3 Å². The fourth-order valence-electron chi connectivity index (χ4n) is 0.442. The zero-order valence-electron chi connectivity index (χ0n) is 7.72. The summed E-state index contributed by atoms with van der Waals surface area (Å²) in [4.78, 5) is 3.72. The summed E-state index contributed by atoms with van der Waals surface area (Å²) < 4.78 is 0. The van der Waals surface area contributed by atoms with Gasteiger partial charge in [0.2, 0.25) is 0 Å². The Labute approximate surface area is 69.9 Å². The second-order valence-electron chi connectivity index (χ2n) is 1.73. The summed E-state index contributed by atoms with van der Waals surface area (Å²) in [5.74, 6) is 0. The van der Waals surface area contributed by atoms with E-state index < -0.39 is 0 Å². The average Bonchev–Trinajstić information content (AvgIpc) is 2.03. The molecule has 11 heavy (non-hydrogen) atoms. The van der Waals surface area contributed by atoms with E-state index in [1.165, 1.54) is 0 Å². The number of allylic oxidation sites excluding steroid dienone is 3. The van der Waals surface area contributed by atoms with Crippen molar-refractivity contribution in [3.63, 3.8) is 0 Å². The van der Waals surface area contributed by atoms with Gasteiger partial charge in [-0.3, -0.25) is 4.99 Å². The summed E-state index contributed by atoms with van der Waals surface area (Å²) in [5.41, 5.74) is 1.70. The highest BCUT2D eigenvalue weighted by molar-refractivity contribution is 5.37. The molecule has 1 nitrogen and oxygen atoms in total. The summed E-state index contributed by atoms with van der Waals surface area (Å²) in [6.45, 7) is 16.5. The van der Waals surface area contributed by atoms with E-state index in [4.69, 9.17) is 0 Å². The zero-order valence-corrected chi connectivity index (χ0v) is 7.72. The summed E-state index contributed by atoms with van der Waals surface area (Å²) in [5, 5.41) is 0. The second-order valence-corrected chi connectivity index (χ2v) is 1.73. The molecule has 0 aliphatic heterocycles. The van der Waals surface area contributed by atoms with Crippen molar-refractivity contribution in [1.29, 1.82) is 0 Å². The van der Waals surface area contributed by atoms with Crippen LogP contribution in [0.2, 0.25) is 0 Å². The molecule has 1 heteroatoms. The van der Waals surface area contributed by atoms with E-state index >= 15 is 0 Å². The molecule has 0 aliphatic carbocycles. The molecule has 0 saturated carbocycles. The van der Waals surface area contributed by atoms with E-state index in [1.807, 2.05) is 20.8 Å². The van der Waals surface area contributed by atoms with Crippen molar-refractivity contribution in [2.75, 3.05) is 0 Å². The lowest BCUT2D eigenvalue weighted by atomic mass is 10.2.